The van der Waals surface area contributed by atoms with E-state index in [0.29, 0.717) is 6.42 Å². The Hall–Kier alpha value is -1.81. The minimum atomic E-state index is -4.41. The molecule has 0 bridgehead atoms. The molecule has 0 amide bonds. The van der Waals surface area contributed by atoms with Gasteiger partial charge in [-0.25, -0.2) is 0 Å². The Bertz CT molecular complexity index is 508. The SMILES string of the molecule is FC(F)(F)C(OCCc1cc[c]cc1)c1ccccc1. The van der Waals surface area contributed by atoms with Gasteiger partial charge in [0.05, 0.1) is 6.61 Å². The van der Waals surface area contributed by atoms with Crippen LogP contribution in [-0.4, -0.2) is 12.8 Å². The van der Waals surface area contributed by atoms with Crippen molar-refractivity contribution in [3.63, 3.8) is 0 Å². The molecule has 0 heterocycles. The maximum absolute atomic E-state index is 13.0. The predicted molar refractivity (Wildman–Crippen MR) is 70.2 cm³/mol. The zero-order chi connectivity index (χ0) is 14.4. The molecule has 0 spiro atoms. The van der Waals surface area contributed by atoms with Gasteiger partial charge in [0, 0.05) is 0 Å². The van der Waals surface area contributed by atoms with Crippen molar-refractivity contribution in [2.24, 2.45) is 0 Å². The number of ether oxygens (including phenoxy) is 1. The van der Waals surface area contributed by atoms with Crippen LogP contribution in [0.2, 0.25) is 0 Å². The maximum atomic E-state index is 13.0. The van der Waals surface area contributed by atoms with Crippen molar-refractivity contribution in [3.05, 3.63) is 71.8 Å². The van der Waals surface area contributed by atoms with E-state index in [1.54, 1.807) is 30.3 Å². The third-order valence-electron chi connectivity index (χ3n) is 2.86. The summed E-state index contributed by atoms with van der Waals surface area (Å²) in [5.41, 5.74) is 1.05. The van der Waals surface area contributed by atoms with Gasteiger partial charge >= 0.3 is 6.18 Å². The van der Waals surface area contributed by atoms with Crippen molar-refractivity contribution in [3.8, 4) is 0 Å². The minimum absolute atomic E-state index is 0.0169. The first-order valence-electron chi connectivity index (χ1n) is 6.25. The number of rotatable bonds is 5. The second-order valence-electron chi connectivity index (χ2n) is 4.36. The van der Waals surface area contributed by atoms with E-state index >= 15 is 0 Å². The highest BCUT2D eigenvalue weighted by Crippen LogP contribution is 2.35. The summed E-state index contributed by atoms with van der Waals surface area (Å²) in [6.45, 7) is 0.0169. The number of benzene rings is 2. The predicted octanol–water partition coefficient (Wildman–Crippen LogP) is 4.35. The molecule has 2 aromatic rings. The van der Waals surface area contributed by atoms with Gasteiger partial charge in [-0.15, -0.1) is 0 Å². The van der Waals surface area contributed by atoms with Crippen molar-refractivity contribution in [2.75, 3.05) is 6.61 Å². The number of hydrogen-bond donors (Lipinski definition) is 0. The molecule has 1 atom stereocenters. The lowest BCUT2D eigenvalue weighted by molar-refractivity contribution is -0.223. The van der Waals surface area contributed by atoms with Crippen molar-refractivity contribution in [1.82, 2.24) is 0 Å². The summed E-state index contributed by atoms with van der Waals surface area (Å²) in [6, 6.07) is 17.6. The van der Waals surface area contributed by atoms with Crippen molar-refractivity contribution in [1.29, 1.82) is 0 Å². The normalized spacial score (nSPS) is 13.2. The fourth-order valence-electron chi connectivity index (χ4n) is 1.89. The molecule has 1 unspecified atom stereocenters. The lowest BCUT2D eigenvalue weighted by atomic mass is 10.1. The highest BCUT2D eigenvalue weighted by atomic mass is 19.4. The first-order valence-corrected chi connectivity index (χ1v) is 6.25. The van der Waals surface area contributed by atoms with Gasteiger partial charge < -0.3 is 4.74 Å². The summed E-state index contributed by atoms with van der Waals surface area (Å²) < 4.78 is 44.1. The lowest BCUT2D eigenvalue weighted by Gasteiger charge is -2.21. The van der Waals surface area contributed by atoms with Gasteiger partial charge in [0.25, 0.3) is 0 Å². The third kappa shape index (κ3) is 4.10. The molecule has 0 aromatic heterocycles. The second-order valence-corrected chi connectivity index (χ2v) is 4.36. The van der Waals surface area contributed by atoms with E-state index in [-0.39, 0.29) is 12.2 Å². The largest absolute Gasteiger partial charge is 0.418 e. The zero-order valence-corrected chi connectivity index (χ0v) is 10.7. The van der Waals surface area contributed by atoms with Crippen LogP contribution in [0.4, 0.5) is 13.2 Å². The first-order chi connectivity index (χ1) is 9.57. The number of hydrogen-bond acceptors (Lipinski definition) is 1. The van der Waals surface area contributed by atoms with E-state index in [2.05, 4.69) is 6.07 Å². The minimum Gasteiger partial charge on any atom is -0.364 e. The van der Waals surface area contributed by atoms with Crippen molar-refractivity contribution < 1.29 is 17.9 Å². The highest BCUT2D eigenvalue weighted by Gasteiger charge is 2.41. The number of halogens is 3. The zero-order valence-electron chi connectivity index (χ0n) is 10.7. The molecule has 0 saturated heterocycles. The van der Waals surface area contributed by atoms with Gasteiger partial charge in [0.15, 0.2) is 6.10 Å². The van der Waals surface area contributed by atoms with Crippen LogP contribution in [0.15, 0.2) is 54.6 Å². The van der Waals surface area contributed by atoms with Crippen LogP contribution in [0, 0.1) is 6.07 Å². The van der Waals surface area contributed by atoms with Crippen LogP contribution in [0.1, 0.15) is 17.2 Å². The Kier molecular flexibility index (Phi) is 4.79. The molecule has 20 heavy (non-hydrogen) atoms. The molecular formula is C16H14F3O. The van der Waals surface area contributed by atoms with Gasteiger partial charge in [-0.1, -0.05) is 54.6 Å². The molecule has 0 fully saturated rings. The Labute approximate surface area is 116 Å². The van der Waals surface area contributed by atoms with E-state index in [1.165, 1.54) is 12.1 Å². The van der Waals surface area contributed by atoms with E-state index in [4.69, 9.17) is 4.74 Å². The smallest absolute Gasteiger partial charge is 0.364 e. The fourth-order valence-corrected chi connectivity index (χ4v) is 1.89. The van der Waals surface area contributed by atoms with Crippen LogP contribution in [0.5, 0.6) is 0 Å². The Morgan fingerprint density at radius 3 is 2.25 bits per heavy atom. The average Bonchev–Trinajstić information content (AvgIpc) is 2.44. The van der Waals surface area contributed by atoms with E-state index < -0.39 is 12.3 Å². The van der Waals surface area contributed by atoms with Crippen LogP contribution in [0.3, 0.4) is 0 Å². The molecule has 2 rings (SSSR count). The standard InChI is InChI=1S/C16H14F3O/c17-16(18,19)15(14-9-5-2-6-10-14)20-12-11-13-7-3-1-4-8-13/h2-10,15H,11-12H2. The van der Waals surface area contributed by atoms with E-state index in [1.807, 2.05) is 12.1 Å². The van der Waals surface area contributed by atoms with Crippen LogP contribution in [0.25, 0.3) is 0 Å². The topological polar surface area (TPSA) is 9.23 Å². The molecule has 0 aliphatic heterocycles. The molecule has 1 radical (unpaired) electrons. The molecule has 0 aliphatic carbocycles. The third-order valence-corrected chi connectivity index (χ3v) is 2.86. The molecule has 0 saturated carbocycles. The van der Waals surface area contributed by atoms with Crippen LogP contribution >= 0.6 is 0 Å². The molecule has 1 nitrogen and oxygen atoms in total. The maximum Gasteiger partial charge on any atom is 0.418 e. The van der Waals surface area contributed by atoms with Gasteiger partial charge in [-0.3, -0.25) is 0 Å². The fraction of sp³-hybridized carbons (Fsp3) is 0.250. The molecule has 105 valence electrons. The summed E-state index contributed by atoms with van der Waals surface area (Å²) in [7, 11) is 0. The highest BCUT2D eigenvalue weighted by molar-refractivity contribution is 5.19. The monoisotopic (exact) mass is 279 g/mol. The summed E-state index contributed by atoms with van der Waals surface area (Å²) in [4.78, 5) is 0. The van der Waals surface area contributed by atoms with Crippen LogP contribution < -0.4 is 0 Å². The molecule has 2 aromatic carbocycles. The van der Waals surface area contributed by atoms with Crippen molar-refractivity contribution in [2.45, 2.75) is 18.7 Å². The summed E-state index contributed by atoms with van der Waals surface area (Å²) in [5, 5.41) is 0. The Morgan fingerprint density at radius 2 is 1.65 bits per heavy atom. The van der Waals surface area contributed by atoms with Gasteiger partial charge in [0.1, 0.15) is 0 Å². The second kappa shape index (κ2) is 6.57. The molecule has 0 aliphatic rings. The van der Waals surface area contributed by atoms with Gasteiger partial charge in [-0.05, 0) is 23.6 Å². The lowest BCUT2D eigenvalue weighted by Crippen LogP contribution is -2.24. The quantitative estimate of drug-likeness (QED) is 0.790. The molecular weight excluding hydrogens is 265 g/mol. The molecule has 0 N–H and O–H groups in total. The summed E-state index contributed by atoms with van der Waals surface area (Å²) >= 11 is 0. The van der Waals surface area contributed by atoms with Crippen molar-refractivity contribution >= 4 is 0 Å². The summed E-state index contributed by atoms with van der Waals surface area (Å²) in [6.07, 6.45) is -5.85. The average molecular weight is 279 g/mol. The summed E-state index contributed by atoms with van der Waals surface area (Å²) in [5.74, 6) is 0. The van der Waals surface area contributed by atoms with Crippen LogP contribution in [-0.2, 0) is 11.2 Å². The Morgan fingerprint density at radius 1 is 1.00 bits per heavy atom. The van der Waals surface area contributed by atoms with E-state index in [9.17, 15) is 13.2 Å². The van der Waals surface area contributed by atoms with Gasteiger partial charge in [-0.2, -0.15) is 13.2 Å². The van der Waals surface area contributed by atoms with Gasteiger partial charge in [0.2, 0.25) is 0 Å². The molecule has 4 heteroatoms. The van der Waals surface area contributed by atoms with E-state index in [0.717, 1.165) is 5.56 Å². The first kappa shape index (κ1) is 14.6. The Balaban J connectivity index is 1.99. The number of alkyl halides is 3.